The van der Waals surface area contributed by atoms with Gasteiger partial charge in [-0.2, -0.15) is 0 Å². The van der Waals surface area contributed by atoms with E-state index in [0.717, 1.165) is 0 Å². The first kappa shape index (κ1) is 9.94. The van der Waals surface area contributed by atoms with Gasteiger partial charge in [-0.15, -0.1) is 0 Å². The van der Waals surface area contributed by atoms with Gasteiger partial charge in [-0.3, -0.25) is 0 Å². The van der Waals surface area contributed by atoms with Gasteiger partial charge in [-0.1, -0.05) is 5.16 Å². The van der Waals surface area contributed by atoms with E-state index >= 15 is 0 Å². The summed E-state index contributed by atoms with van der Waals surface area (Å²) in [6.45, 7) is 9.09. The summed E-state index contributed by atoms with van der Waals surface area (Å²) in [5.74, 6) is 0. The normalized spacial score (nSPS) is 12.5. The zero-order chi connectivity index (χ0) is 8.91. The van der Waals surface area contributed by atoms with Gasteiger partial charge in [0, 0.05) is 13.8 Å². The molecule has 0 unspecified atom stereocenters. The van der Waals surface area contributed by atoms with Crippen molar-refractivity contribution in [3.8, 4) is 0 Å². The van der Waals surface area contributed by atoms with Crippen LogP contribution in [-0.2, 0) is 4.84 Å². The standard InChI is InChI=1S/C7H15N3O/c1-7(2,3)10-6(8-4)11-9-5/h5H2,1-4H3,(H,8,10). The van der Waals surface area contributed by atoms with E-state index in [-0.39, 0.29) is 5.54 Å². The molecular formula is C7H15N3O. The summed E-state index contributed by atoms with van der Waals surface area (Å²) >= 11 is 0. The summed E-state index contributed by atoms with van der Waals surface area (Å²) in [6.07, 6.45) is 0. The van der Waals surface area contributed by atoms with E-state index in [9.17, 15) is 0 Å². The zero-order valence-corrected chi connectivity index (χ0v) is 7.51. The van der Waals surface area contributed by atoms with Crippen molar-refractivity contribution in [3.63, 3.8) is 0 Å². The van der Waals surface area contributed by atoms with Crippen LogP contribution < -0.4 is 5.32 Å². The maximum Gasteiger partial charge on any atom is 0.315 e. The highest BCUT2D eigenvalue weighted by Gasteiger charge is 2.09. The molecule has 0 aliphatic heterocycles. The van der Waals surface area contributed by atoms with Crippen LogP contribution in [0.25, 0.3) is 0 Å². The lowest BCUT2D eigenvalue weighted by Gasteiger charge is -2.13. The van der Waals surface area contributed by atoms with Crippen LogP contribution in [0.5, 0.6) is 0 Å². The quantitative estimate of drug-likeness (QED) is 0.350. The van der Waals surface area contributed by atoms with Crippen LogP contribution in [0.2, 0.25) is 0 Å². The second-order valence-electron chi connectivity index (χ2n) is 3.06. The van der Waals surface area contributed by atoms with Gasteiger partial charge < -0.3 is 10.2 Å². The molecule has 0 heterocycles. The Kier molecular flexibility index (Phi) is 3.57. The van der Waals surface area contributed by atoms with Crippen LogP contribution in [0.3, 0.4) is 0 Å². The van der Waals surface area contributed by atoms with Crippen LogP contribution in [-0.4, -0.2) is 25.3 Å². The monoisotopic (exact) mass is 157 g/mol. The second-order valence-corrected chi connectivity index (χ2v) is 3.06. The maximum absolute atomic E-state index is 4.72. The van der Waals surface area contributed by atoms with E-state index in [0.29, 0.717) is 6.02 Å². The topological polar surface area (TPSA) is 46.0 Å². The van der Waals surface area contributed by atoms with Crippen LogP contribution in [0, 0.1) is 0 Å². The SMILES string of the molecule is C=NO/C(=N\C(C)(C)C)NC. The first-order valence-corrected chi connectivity index (χ1v) is 3.40. The highest BCUT2D eigenvalue weighted by molar-refractivity contribution is 5.73. The molecule has 0 atom stereocenters. The van der Waals surface area contributed by atoms with Crippen LogP contribution in [0.1, 0.15) is 20.8 Å². The fourth-order valence-electron chi connectivity index (χ4n) is 0.488. The molecule has 0 aromatic heterocycles. The molecule has 0 aliphatic rings. The molecule has 0 saturated carbocycles. The van der Waals surface area contributed by atoms with E-state index in [1.165, 1.54) is 0 Å². The van der Waals surface area contributed by atoms with Crippen molar-refractivity contribution in [2.24, 2.45) is 10.1 Å². The molecule has 4 nitrogen and oxygen atoms in total. The van der Waals surface area contributed by atoms with Crippen LogP contribution in [0.4, 0.5) is 0 Å². The molecule has 4 heteroatoms. The van der Waals surface area contributed by atoms with Gasteiger partial charge in [0.1, 0.15) is 0 Å². The molecule has 0 fully saturated rings. The van der Waals surface area contributed by atoms with Crippen molar-refractivity contribution in [1.29, 1.82) is 0 Å². The van der Waals surface area contributed by atoms with Gasteiger partial charge in [-0.05, 0) is 20.8 Å². The Labute approximate surface area is 67.3 Å². The van der Waals surface area contributed by atoms with Gasteiger partial charge in [0.05, 0.1) is 5.54 Å². The van der Waals surface area contributed by atoms with Crippen molar-refractivity contribution in [2.75, 3.05) is 7.05 Å². The van der Waals surface area contributed by atoms with E-state index in [1.807, 2.05) is 20.8 Å². The number of oxime groups is 1. The molecule has 0 radical (unpaired) electrons. The van der Waals surface area contributed by atoms with Crippen molar-refractivity contribution >= 4 is 12.7 Å². The molecule has 0 aromatic carbocycles. The summed E-state index contributed by atoms with van der Waals surface area (Å²) in [5, 5.41) is 6.00. The summed E-state index contributed by atoms with van der Waals surface area (Å²) in [4.78, 5) is 8.89. The average molecular weight is 157 g/mol. The van der Waals surface area contributed by atoms with Gasteiger partial charge in [0.25, 0.3) is 0 Å². The third-order valence-electron chi connectivity index (χ3n) is 0.802. The Morgan fingerprint density at radius 1 is 1.45 bits per heavy atom. The average Bonchev–Trinajstić information content (AvgIpc) is 1.84. The molecule has 0 aromatic rings. The molecule has 0 saturated heterocycles. The fourth-order valence-corrected chi connectivity index (χ4v) is 0.488. The first-order chi connectivity index (χ1) is 4.99. The van der Waals surface area contributed by atoms with E-state index in [4.69, 9.17) is 4.84 Å². The van der Waals surface area contributed by atoms with Gasteiger partial charge in [-0.25, -0.2) is 4.99 Å². The number of hydrogen-bond acceptors (Lipinski definition) is 3. The fraction of sp³-hybridized carbons (Fsp3) is 0.714. The lowest BCUT2D eigenvalue weighted by Crippen LogP contribution is -2.25. The molecular weight excluding hydrogens is 142 g/mol. The Morgan fingerprint density at radius 2 is 2.00 bits per heavy atom. The lowest BCUT2D eigenvalue weighted by atomic mass is 10.1. The zero-order valence-electron chi connectivity index (χ0n) is 7.51. The van der Waals surface area contributed by atoms with Crippen molar-refractivity contribution in [1.82, 2.24) is 5.32 Å². The molecule has 0 bridgehead atoms. The Morgan fingerprint density at radius 3 is 2.27 bits per heavy atom. The number of nitrogens with one attached hydrogen (secondary N) is 1. The van der Waals surface area contributed by atoms with Gasteiger partial charge in [0.15, 0.2) is 0 Å². The second kappa shape index (κ2) is 3.95. The minimum atomic E-state index is -0.164. The molecule has 64 valence electrons. The molecule has 1 N–H and O–H groups in total. The maximum atomic E-state index is 4.72. The molecule has 0 aliphatic carbocycles. The van der Waals surface area contributed by atoms with Gasteiger partial charge in [0.2, 0.25) is 0 Å². The van der Waals surface area contributed by atoms with E-state index in [2.05, 4.69) is 22.2 Å². The molecule has 0 rings (SSSR count). The number of nitrogens with zero attached hydrogens (tertiary/aromatic N) is 2. The smallest absolute Gasteiger partial charge is 0.315 e. The lowest BCUT2D eigenvalue weighted by molar-refractivity contribution is 0.310. The minimum Gasteiger partial charge on any atom is -0.341 e. The number of aliphatic imine (C=N–C) groups is 1. The van der Waals surface area contributed by atoms with Crippen molar-refractivity contribution in [3.05, 3.63) is 0 Å². The summed E-state index contributed by atoms with van der Waals surface area (Å²) < 4.78 is 0. The largest absolute Gasteiger partial charge is 0.341 e. The number of rotatable bonds is 1. The highest BCUT2D eigenvalue weighted by Crippen LogP contribution is 2.06. The molecule has 0 spiro atoms. The van der Waals surface area contributed by atoms with Crippen molar-refractivity contribution < 1.29 is 4.84 Å². The summed E-state index contributed by atoms with van der Waals surface area (Å²) in [5.41, 5.74) is -0.164. The van der Waals surface area contributed by atoms with Gasteiger partial charge >= 0.3 is 6.02 Å². The predicted molar refractivity (Wildman–Crippen MR) is 46.9 cm³/mol. The van der Waals surface area contributed by atoms with E-state index < -0.39 is 0 Å². The van der Waals surface area contributed by atoms with E-state index in [1.54, 1.807) is 7.05 Å². The molecule has 11 heavy (non-hydrogen) atoms. The van der Waals surface area contributed by atoms with Crippen LogP contribution >= 0.6 is 0 Å². The molecule has 0 amide bonds. The number of hydrogen-bond donors (Lipinski definition) is 1. The Hall–Kier alpha value is -1.06. The Balaban J connectivity index is 4.22. The third-order valence-corrected chi connectivity index (χ3v) is 0.802. The number of amidine groups is 1. The minimum absolute atomic E-state index is 0.164. The Bertz CT molecular complexity index is 158. The van der Waals surface area contributed by atoms with Crippen LogP contribution in [0.15, 0.2) is 10.1 Å². The van der Waals surface area contributed by atoms with Crippen molar-refractivity contribution in [2.45, 2.75) is 26.3 Å². The predicted octanol–water partition coefficient (Wildman–Crippen LogP) is 0.992. The first-order valence-electron chi connectivity index (χ1n) is 3.40. The third kappa shape index (κ3) is 5.39. The highest BCUT2D eigenvalue weighted by atomic mass is 16.6. The summed E-state index contributed by atoms with van der Waals surface area (Å²) in [6, 6.07) is 0.382. The summed E-state index contributed by atoms with van der Waals surface area (Å²) in [7, 11) is 1.72.